The molecule has 1 aliphatic heterocycles. The summed E-state index contributed by atoms with van der Waals surface area (Å²) in [7, 11) is 0. The van der Waals surface area contributed by atoms with E-state index in [-0.39, 0.29) is 13.2 Å². The number of rotatable bonds is 4. The Hall–Kier alpha value is -3.06. The third-order valence-corrected chi connectivity index (χ3v) is 3.78. The van der Waals surface area contributed by atoms with Gasteiger partial charge in [0.2, 0.25) is 0 Å². The molecule has 25 heavy (non-hydrogen) atoms. The summed E-state index contributed by atoms with van der Waals surface area (Å²) in [6.07, 6.45) is 0. The summed E-state index contributed by atoms with van der Waals surface area (Å²) >= 11 is 0. The molecule has 130 valence electrons. The van der Waals surface area contributed by atoms with Gasteiger partial charge in [0.1, 0.15) is 24.1 Å². The number of hydroxylamine groups is 2. The lowest BCUT2D eigenvalue weighted by Crippen LogP contribution is -2.42. The third kappa shape index (κ3) is 3.56. The average molecular weight is 342 g/mol. The molecule has 0 atom stereocenters. The maximum atomic E-state index is 12.3. The second-order valence-electron chi connectivity index (χ2n) is 5.50. The Balaban J connectivity index is 1.81. The number of nitrogens with one attached hydrogen (secondary N) is 1. The van der Waals surface area contributed by atoms with E-state index in [4.69, 9.17) is 9.47 Å². The number of amides is 2. The second-order valence-corrected chi connectivity index (χ2v) is 5.50. The first-order valence-corrected chi connectivity index (χ1v) is 7.83. The molecule has 1 heterocycles. The van der Waals surface area contributed by atoms with Crippen LogP contribution in [0.1, 0.15) is 24.1 Å². The molecule has 2 amide bonds. The average Bonchev–Trinajstić information content (AvgIpc) is 2.62. The van der Waals surface area contributed by atoms with Gasteiger partial charge in [0, 0.05) is 18.1 Å². The normalized spacial score (nSPS) is 12.4. The first-order chi connectivity index (χ1) is 12.1. The van der Waals surface area contributed by atoms with Gasteiger partial charge in [-0.05, 0) is 12.1 Å². The molecule has 0 aromatic heterocycles. The van der Waals surface area contributed by atoms with Gasteiger partial charge in [-0.15, -0.1) is 0 Å². The van der Waals surface area contributed by atoms with Crippen LogP contribution in [-0.2, 0) is 9.53 Å². The van der Waals surface area contributed by atoms with Crippen molar-refractivity contribution in [3.05, 3.63) is 59.7 Å². The third-order valence-electron chi connectivity index (χ3n) is 3.78. The lowest BCUT2D eigenvalue weighted by molar-refractivity contribution is -0.140. The molecule has 7 nitrogen and oxygen atoms in total. The van der Waals surface area contributed by atoms with Crippen molar-refractivity contribution in [3.8, 4) is 11.5 Å². The van der Waals surface area contributed by atoms with Crippen LogP contribution in [0.3, 0.4) is 0 Å². The molecule has 0 fully saturated rings. The summed E-state index contributed by atoms with van der Waals surface area (Å²) < 4.78 is 10.6. The lowest BCUT2D eigenvalue weighted by Gasteiger charge is -2.32. The first kappa shape index (κ1) is 16.8. The van der Waals surface area contributed by atoms with Gasteiger partial charge in [-0.3, -0.25) is 10.0 Å². The maximum Gasteiger partial charge on any atom is 0.342 e. The van der Waals surface area contributed by atoms with Crippen molar-refractivity contribution >= 4 is 12.0 Å². The fourth-order valence-corrected chi connectivity index (χ4v) is 2.70. The summed E-state index contributed by atoms with van der Waals surface area (Å²) in [4.78, 5) is 23.0. The van der Waals surface area contributed by atoms with Crippen molar-refractivity contribution in [1.82, 2.24) is 10.4 Å². The first-order valence-electron chi connectivity index (χ1n) is 7.83. The van der Waals surface area contributed by atoms with E-state index in [1.807, 2.05) is 24.3 Å². The smallest absolute Gasteiger partial charge is 0.342 e. The van der Waals surface area contributed by atoms with E-state index in [0.717, 1.165) is 0 Å². The maximum absolute atomic E-state index is 12.3. The number of ether oxygens (including phenoxy) is 2. The highest BCUT2D eigenvalue weighted by molar-refractivity contribution is 5.75. The fourth-order valence-electron chi connectivity index (χ4n) is 2.70. The molecule has 0 saturated carbocycles. The zero-order chi connectivity index (χ0) is 17.8. The fraction of sp³-hybridized carbons (Fsp3) is 0.222. The summed E-state index contributed by atoms with van der Waals surface area (Å²) in [5.41, 5.74) is 1.36. The molecule has 7 heteroatoms. The standard InChI is InChI=1S/C18H18N2O5/c1-12(21)24-11-10-19-18(22)20(23)17-13-6-2-4-8-15(13)25-16-9-5-3-7-14(16)17/h2-9,17,23H,10-11H2,1H3,(H,19,22). The highest BCUT2D eigenvalue weighted by Crippen LogP contribution is 2.44. The predicted octanol–water partition coefficient (Wildman–Crippen LogP) is 2.85. The number of esters is 1. The Labute approximate surface area is 144 Å². The van der Waals surface area contributed by atoms with Crippen molar-refractivity contribution in [1.29, 1.82) is 0 Å². The summed E-state index contributed by atoms with van der Waals surface area (Å²) in [6, 6.07) is 13.0. The number of hydrogen-bond donors (Lipinski definition) is 2. The van der Waals surface area contributed by atoms with E-state index in [2.05, 4.69) is 5.32 Å². The molecule has 2 aromatic carbocycles. The zero-order valence-electron chi connectivity index (χ0n) is 13.6. The number of hydrogen-bond acceptors (Lipinski definition) is 5. The van der Waals surface area contributed by atoms with Crippen LogP contribution in [0.25, 0.3) is 0 Å². The molecule has 0 aliphatic carbocycles. The molecule has 0 spiro atoms. The van der Waals surface area contributed by atoms with E-state index in [1.165, 1.54) is 6.92 Å². The number of fused-ring (bicyclic) bond motifs is 2. The topological polar surface area (TPSA) is 88.1 Å². The van der Waals surface area contributed by atoms with Gasteiger partial charge >= 0.3 is 12.0 Å². The van der Waals surface area contributed by atoms with Crippen LogP contribution in [0.2, 0.25) is 0 Å². The lowest BCUT2D eigenvalue weighted by atomic mass is 9.94. The van der Waals surface area contributed by atoms with E-state index in [1.54, 1.807) is 24.3 Å². The SMILES string of the molecule is CC(=O)OCCNC(=O)N(O)C1c2ccccc2Oc2ccccc21. The van der Waals surface area contributed by atoms with Gasteiger partial charge in [0.05, 0.1) is 6.54 Å². The number of carbonyl (C=O) groups excluding carboxylic acids is 2. The monoisotopic (exact) mass is 342 g/mol. The quantitative estimate of drug-likeness (QED) is 0.386. The van der Waals surface area contributed by atoms with Crippen molar-refractivity contribution < 1.29 is 24.3 Å². The molecule has 0 radical (unpaired) electrons. The molecule has 2 aromatic rings. The van der Waals surface area contributed by atoms with E-state index >= 15 is 0 Å². The number of urea groups is 1. The van der Waals surface area contributed by atoms with E-state index in [9.17, 15) is 14.8 Å². The summed E-state index contributed by atoms with van der Waals surface area (Å²) in [5.74, 6) is 0.735. The van der Waals surface area contributed by atoms with Gasteiger partial charge in [-0.2, -0.15) is 5.06 Å². The van der Waals surface area contributed by atoms with Gasteiger partial charge < -0.3 is 14.8 Å². The van der Waals surface area contributed by atoms with Gasteiger partial charge in [-0.1, -0.05) is 36.4 Å². The number of benzene rings is 2. The minimum absolute atomic E-state index is 0.0376. The molecule has 2 N–H and O–H groups in total. The Morgan fingerprint density at radius 3 is 2.24 bits per heavy atom. The van der Waals surface area contributed by atoms with Crippen LogP contribution in [0.5, 0.6) is 11.5 Å². The second kappa shape index (κ2) is 7.23. The Morgan fingerprint density at radius 1 is 1.12 bits per heavy atom. The number of carbonyl (C=O) groups is 2. The molecule has 1 aliphatic rings. The Bertz CT molecular complexity index is 747. The van der Waals surface area contributed by atoms with Crippen LogP contribution in [0.15, 0.2) is 48.5 Å². The van der Waals surface area contributed by atoms with E-state index in [0.29, 0.717) is 27.7 Å². The van der Waals surface area contributed by atoms with Crippen LogP contribution < -0.4 is 10.1 Å². The number of nitrogens with zero attached hydrogens (tertiary/aromatic N) is 1. The van der Waals surface area contributed by atoms with Crippen LogP contribution in [0.4, 0.5) is 4.79 Å². The minimum atomic E-state index is -0.699. The Kier molecular flexibility index (Phi) is 4.85. The van der Waals surface area contributed by atoms with Gasteiger partial charge in [-0.25, -0.2) is 4.79 Å². The number of para-hydroxylation sites is 2. The van der Waals surface area contributed by atoms with Crippen molar-refractivity contribution in [2.24, 2.45) is 0 Å². The molecular weight excluding hydrogens is 324 g/mol. The van der Waals surface area contributed by atoms with Crippen LogP contribution in [0, 0.1) is 0 Å². The molecular formula is C18H18N2O5. The van der Waals surface area contributed by atoms with Crippen molar-refractivity contribution in [3.63, 3.8) is 0 Å². The van der Waals surface area contributed by atoms with Crippen molar-refractivity contribution in [2.75, 3.05) is 13.2 Å². The highest BCUT2D eigenvalue weighted by atomic mass is 16.5. The van der Waals surface area contributed by atoms with E-state index < -0.39 is 18.0 Å². The summed E-state index contributed by atoms with van der Waals surface area (Å²) in [5, 5.41) is 13.7. The summed E-state index contributed by atoms with van der Waals surface area (Å²) in [6.45, 7) is 1.42. The molecule has 0 bridgehead atoms. The molecule has 0 unspecified atom stereocenters. The van der Waals surface area contributed by atoms with Crippen molar-refractivity contribution in [2.45, 2.75) is 13.0 Å². The molecule has 0 saturated heterocycles. The predicted molar refractivity (Wildman–Crippen MR) is 88.5 cm³/mol. The largest absolute Gasteiger partial charge is 0.464 e. The zero-order valence-corrected chi connectivity index (χ0v) is 13.6. The van der Waals surface area contributed by atoms with Gasteiger partial charge in [0.25, 0.3) is 0 Å². The molecule has 3 rings (SSSR count). The van der Waals surface area contributed by atoms with Gasteiger partial charge in [0.15, 0.2) is 0 Å². The van der Waals surface area contributed by atoms with Crippen LogP contribution >= 0.6 is 0 Å². The highest BCUT2D eigenvalue weighted by Gasteiger charge is 2.33. The van der Waals surface area contributed by atoms with Crippen LogP contribution in [-0.4, -0.2) is 35.4 Å². The minimum Gasteiger partial charge on any atom is -0.464 e. The Morgan fingerprint density at radius 2 is 1.68 bits per heavy atom.